The summed E-state index contributed by atoms with van der Waals surface area (Å²) in [6.45, 7) is 9.85. The van der Waals surface area contributed by atoms with Gasteiger partial charge in [-0.15, -0.1) is 19.7 Å². The Balaban J connectivity index is 0. The molecule has 0 atom stereocenters. The van der Waals surface area contributed by atoms with Crippen molar-refractivity contribution in [2.75, 3.05) is 6.54 Å². The molecule has 0 aromatic heterocycles. The van der Waals surface area contributed by atoms with Gasteiger partial charge in [0.15, 0.2) is 6.19 Å². The Morgan fingerprint density at radius 3 is 2.64 bits per heavy atom. The van der Waals surface area contributed by atoms with Gasteiger partial charge in [0.25, 0.3) is 0 Å². The molecule has 0 saturated carbocycles. The van der Waals surface area contributed by atoms with Gasteiger partial charge in [0.2, 0.25) is 5.96 Å². The van der Waals surface area contributed by atoms with E-state index in [-0.39, 0.29) is 5.96 Å². The van der Waals surface area contributed by atoms with Crippen molar-refractivity contribution in [3.05, 3.63) is 25.8 Å². The molecule has 4 nitrogen and oxygen atoms in total. The number of guanidine groups is 1. The highest BCUT2D eigenvalue weighted by atomic mass is 15.1. The molecule has 0 heterocycles. The van der Waals surface area contributed by atoms with Crippen LogP contribution < -0.4 is 11.1 Å². The SMILES string of the molecule is C=C.C=CCN=C(N)NC#N. The summed E-state index contributed by atoms with van der Waals surface area (Å²) in [5.41, 5.74) is 5.14. The molecule has 0 spiro atoms. The topological polar surface area (TPSA) is 74.2 Å². The molecule has 0 aromatic rings. The molecule has 0 unspecified atom stereocenters. The van der Waals surface area contributed by atoms with E-state index in [1.165, 1.54) is 0 Å². The van der Waals surface area contributed by atoms with E-state index in [1.807, 2.05) is 0 Å². The summed E-state index contributed by atoms with van der Waals surface area (Å²) >= 11 is 0. The Morgan fingerprint density at radius 1 is 1.73 bits per heavy atom. The van der Waals surface area contributed by atoms with Gasteiger partial charge in [0, 0.05) is 0 Å². The smallest absolute Gasteiger partial charge is 0.202 e. The maximum Gasteiger partial charge on any atom is 0.202 e. The standard InChI is InChI=1S/C5H8N4.C2H4/c1-2-3-8-5(7)9-4-6;1-2/h2H,1,3H2,(H3,7,8,9);1-2H2. The Morgan fingerprint density at radius 2 is 2.27 bits per heavy atom. The van der Waals surface area contributed by atoms with Crippen LogP contribution in [0.2, 0.25) is 0 Å². The largest absolute Gasteiger partial charge is 0.369 e. The summed E-state index contributed by atoms with van der Waals surface area (Å²) in [6.07, 6.45) is 3.23. The predicted molar refractivity (Wildman–Crippen MR) is 46.7 cm³/mol. The van der Waals surface area contributed by atoms with Crippen LogP contribution in [-0.4, -0.2) is 12.5 Å². The lowest BCUT2D eigenvalue weighted by atomic mass is 10.6. The first-order valence-electron chi connectivity index (χ1n) is 2.87. The van der Waals surface area contributed by atoms with Crippen molar-refractivity contribution in [1.82, 2.24) is 5.32 Å². The summed E-state index contributed by atoms with van der Waals surface area (Å²) in [7, 11) is 0. The average Bonchev–Trinajstić information content (AvgIpc) is 2.05. The second kappa shape index (κ2) is 11.1. The third-order valence-electron chi connectivity index (χ3n) is 0.575. The number of hydrogen-bond donors (Lipinski definition) is 2. The first-order valence-corrected chi connectivity index (χ1v) is 2.87. The maximum absolute atomic E-state index is 7.99. The number of nitrogens with two attached hydrogens (primary N) is 1. The van der Waals surface area contributed by atoms with E-state index < -0.39 is 0 Å². The number of aliphatic imine (C=N–C) groups is 1. The van der Waals surface area contributed by atoms with Crippen molar-refractivity contribution in [2.24, 2.45) is 10.7 Å². The van der Waals surface area contributed by atoms with E-state index in [0.717, 1.165) is 0 Å². The van der Waals surface area contributed by atoms with Gasteiger partial charge in [-0.2, -0.15) is 5.26 Å². The van der Waals surface area contributed by atoms with Crippen molar-refractivity contribution >= 4 is 5.96 Å². The summed E-state index contributed by atoms with van der Waals surface area (Å²) in [4.78, 5) is 3.68. The Bertz CT molecular complexity index is 166. The molecule has 0 bridgehead atoms. The lowest BCUT2D eigenvalue weighted by Gasteiger charge is -1.90. The fraction of sp³-hybridized carbons (Fsp3) is 0.143. The molecular weight excluding hydrogens is 140 g/mol. The molecule has 0 aliphatic heterocycles. The quantitative estimate of drug-likeness (QED) is 0.197. The van der Waals surface area contributed by atoms with Crippen LogP contribution in [0.1, 0.15) is 0 Å². The van der Waals surface area contributed by atoms with Crippen molar-refractivity contribution in [3.63, 3.8) is 0 Å². The van der Waals surface area contributed by atoms with Crippen LogP contribution in [0.5, 0.6) is 0 Å². The molecule has 0 aromatic carbocycles. The minimum atomic E-state index is 0.123. The average molecular weight is 152 g/mol. The second-order valence-electron chi connectivity index (χ2n) is 1.25. The van der Waals surface area contributed by atoms with Gasteiger partial charge in [0.1, 0.15) is 0 Å². The van der Waals surface area contributed by atoms with Crippen LogP contribution >= 0.6 is 0 Å². The van der Waals surface area contributed by atoms with E-state index >= 15 is 0 Å². The molecule has 0 fully saturated rings. The van der Waals surface area contributed by atoms with Crippen molar-refractivity contribution in [3.8, 4) is 6.19 Å². The highest BCUT2D eigenvalue weighted by Crippen LogP contribution is 1.67. The zero-order valence-corrected chi connectivity index (χ0v) is 6.38. The third-order valence-corrected chi connectivity index (χ3v) is 0.575. The van der Waals surface area contributed by atoms with Crippen molar-refractivity contribution in [1.29, 1.82) is 5.26 Å². The number of hydrogen-bond acceptors (Lipinski definition) is 2. The van der Waals surface area contributed by atoms with E-state index in [9.17, 15) is 0 Å². The van der Waals surface area contributed by atoms with E-state index in [1.54, 1.807) is 12.3 Å². The first-order chi connectivity index (χ1) is 5.31. The van der Waals surface area contributed by atoms with Gasteiger partial charge in [0.05, 0.1) is 6.54 Å². The van der Waals surface area contributed by atoms with E-state index in [4.69, 9.17) is 11.0 Å². The molecule has 0 aliphatic rings. The molecule has 0 radical (unpaired) electrons. The third kappa shape index (κ3) is 11.7. The zero-order chi connectivity index (χ0) is 9.11. The second-order valence-corrected chi connectivity index (χ2v) is 1.25. The Hall–Kier alpha value is -1.76. The Kier molecular flexibility index (Phi) is 12.1. The molecule has 11 heavy (non-hydrogen) atoms. The summed E-state index contributed by atoms with van der Waals surface area (Å²) in [6, 6.07) is 0. The molecule has 0 rings (SSSR count). The van der Waals surface area contributed by atoms with Gasteiger partial charge in [-0.25, -0.2) is 4.99 Å². The predicted octanol–water partition coefficient (Wildman–Crippen LogP) is 0.360. The first kappa shape index (κ1) is 12.0. The van der Waals surface area contributed by atoms with Gasteiger partial charge in [-0.05, 0) is 0 Å². The molecule has 0 aliphatic carbocycles. The number of nitriles is 1. The van der Waals surface area contributed by atoms with Crippen LogP contribution in [0.25, 0.3) is 0 Å². The van der Waals surface area contributed by atoms with Gasteiger partial charge in [-0.1, -0.05) is 6.08 Å². The monoisotopic (exact) mass is 152 g/mol. The highest BCUT2D eigenvalue weighted by Gasteiger charge is 1.81. The van der Waals surface area contributed by atoms with Crippen molar-refractivity contribution < 1.29 is 0 Å². The summed E-state index contributed by atoms with van der Waals surface area (Å²) in [5.74, 6) is 0.123. The lowest BCUT2D eigenvalue weighted by Crippen LogP contribution is -2.27. The Labute approximate surface area is 66.7 Å². The fourth-order valence-electron chi connectivity index (χ4n) is 0.260. The van der Waals surface area contributed by atoms with Gasteiger partial charge >= 0.3 is 0 Å². The minimum Gasteiger partial charge on any atom is -0.369 e. The molecular formula is C7H12N4. The number of nitrogens with one attached hydrogen (secondary N) is 1. The van der Waals surface area contributed by atoms with Crippen molar-refractivity contribution in [2.45, 2.75) is 0 Å². The van der Waals surface area contributed by atoms with E-state index in [0.29, 0.717) is 6.54 Å². The highest BCUT2D eigenvalue weighted by molar-refractivity contribution is 5.79. The lowest BCUT2D eigenvalue weighted by molar-refractivity contribution is 1.14. The van der Waals surface area contributed by atoms with Crippen LogP contribution in [0, 0.1) is 11.5 Å². The zero-order valence-electron chi connectivity index (χ0n) is 6.38. The number of nitrogens with zero attached hydrogens (tertiary/aromatic N) is 2. The molecule has 0 saturated heterocycles. The molecule has 0 amide bonds. The van der Waals surface area contributed by atoms with Crippen LogP contribution in [0.3, 0.4) is 0 Å². The molecule has 4 heteroatoms. The van der Waals surface area contributed by atoms with Gasteiger partial charge < -0.3 is 5.73 Å². The van der Waals surface area contributed by atoms with Gasteiger partial charge in [-0.3, -0.25) is 5.32 Å². The summed E-state index contributed by atoms with van der Waals surface area (Å²) in [5, 5.41) is 10.2. The van der Waals surface area contributed by atoms with E-state index in [2.05, 4.69) is 30.0 Å². The van der Waals surface area contributed by atoms with Crippen LogP contribution in [0.15, 0.2) is 30.8 Å². The fourth-order valence-corrected chi connectivity index (χ4v) is 0.260. The molecule has 60 valence electrons. The normalized spacial score (nSPS) is 8.45. The maximum atomic E-state index is 7.99. The molecule has 3 N–H and O–H groups in total. The van der Waals surface area contributed by atoms with Crippen LogP contribution in [-0.2, 0) is 0 Å². The summed E-state index contributed by atoms with van der Waals surface area (Å²) < 4.78 is 0. The van der Waals surface area contributed by atoms with Crippen LogP contribution in [0.4, 0.5) is 0 Å². The number of rotatable bonds is 2. The minimum absolute atomic E-state index is 0.123.